The largest absolute Gasteiger partial charge is 0.361 e. The van der Waals surface area contributed by atoms with Crippen LogP contribution in [0.25, 0.3) is 33.0 Å². The second-order valence-electron chi connectivity index (χ2n) is 7.34. The Morgan fingerprint density at radius 3 is 2.40 bits per heavy atom. The molecule has 0 unspecified atom stereocenters. The van der Waals surface area contributed by atoms with Gasteiger partial charge < -0.3 is 9.55 Å². The summed E-state index contributed by atoms with van der Waals surface area (Å²) in [6.45, 7) is 0.746. The lowest BCUT2D eigenvalue weighted by Gasteiger charge is -2.03. The molecule has 2 amide bonds. The number of nitrogens with zero attached hydrogens (tertiary/aromatic N) is 1. The van der Waals surface area contributed by atoms with Gasteiger partial charge in [-0.25, -0.2) is 0 Å². The molecule has 0 saturated heterocycles. The number of amides is 2. The maximum Gasteiger partial charge on any atom is 0.259 e. The Labute approximate surface area is 173 Å². The van der Waals surface area contributed by atoms with Gasteiger partial charge in [0.05, 0.1) is 11.1 Å². The topological polar surface area (TPSA) is 66.9 Å². The minimum Gasteiger partial charge on any atom is -0.361 e. The summed E-state index contributed by atoms with van der Waals surface area (Å²) in [6.07, 6.45) is 10.7. The molecule has 0 atom stereocenters. The summed E-state index contributed by atoms with van der Waals surface area (Å²) in [6, 6.07) is 15.7. The Kier molecular flexibility index (Phi) is 4.26. The molecule has 2 aromatic heterocycles. The first-order chi connectivity index (χ1) is 14.7. The van der Waals surface area contributed by atoms with Gasteiger partial charge in [-0.15, -0.1) is 12.3 Å². The van der Waals surface area contributed by atoms with Gasteiger partial charge in [-0.2, -0.15) is 0 Å². The van der Waals surface area contributed by atoms with E-state index in [0.29, 0.717) is 17.6 Å². The molecule has 30 heavy (non-hydrogen) atoms. The van der Waals surface area contributed by atoms with Crippen LogP contribution in [0.5, 0.6) is 0 Å². The fraction of sp³-hybridized carbons (Fsp3) is 0.120. The molecule has 0 radical (unpaired) electrons. The number of para-hydroxylation sites is 2. The van der Waals surface area contributed by atoms with E-state index < -0.39 is 0 Å². The maximum atomic E-state index is 12.9. The van der Waals surface area contributed by atoms with E-state index in [1.165, 1.54) is 0 Å². The quantitative estimate of drug-likeness (QED) is 0.305. The molecule has 5 heteroatoms. The number of carbonyl (C=O) groups excluding carboxylic acids is 2. The Bertz CT molecular complexity index is 1390. The molecule has 5 rings (SSSR count). The van der Waals surface area contributed by atoms with E-state index in [1.54, 1.807) is 6.20 Å². The molecule has 1 aliphatic heterocycles. The number of benzene rings is 2. The first kappa shape index (κ1) is 18.0. The molecule has 1 aliphatic rings. The number of fused-ring (bicyclic) bond motifs is 2. The minimum atomic E-state index is -0.371. The number of nitrogens with one attached hydrogen (secondary N) is 2. The van der Waals surface area contributed by atoms with Crippen LogP contribution in [0.2, 0.25) is 0 Å². The molecule has 2 N–H and O–H groups in total. The highest BCUT2D eigenvalue weighted by Gasteiger charge is 2.34. The molecule has 2 aromatic carbocycles. The van der Waals surface area contributed by atoms with Gasteiger partial charge in [0.2, 0.25) is 0 Å². The molecule has 0 aliphatic carbocycles. The van der Waals surface area contributed by atoms with E-state index in [-0.39, 0.29) is 11.8 Å². The first-order valence-electron chi connectivity index (χ1n) is 9.87. The van der Waals surface area contributed by atoms with Crippen LogP contribution in [-0.2, 0) is 16.1 Å². The first-order valence-corrected chi connectivity index (χ1v) is 9.87. The average molecular weight is 393 g/mol. The molecule has 3 heterocycles. The van der Waals surface area contributed by atoms with Crippen molar-refractivity contribution >= 4 is 44.8 Å². The average Bonchev–Trinajstić information content (AvgIpc) is 3.41. The number of H-pyrrole nitrogens is 1. The second-order valence-corrected chi connectivity index (χ2v) is 7.34. The van der Waals surface area contributed by atoms with E-state index in [9.17, 15) is 9.59 Å². The number of aromatic amines is 1. The van der Waals surface area contributed by atoms with Crippen molar-refractivity contribution in [3.05, 3.63) is 72.1 Å². The number of aryl methyl sites for hydroxylation is 1. The van der Waals surface area contributed by atoms with Gasteiger partial charge in [-0.3, -0.25) is 14.9 Å². The lowest BCUT2D eigenvalue weighted by molar-refractivity contribution is -0.122. The molecule has 0 spiro atoms. The highest BCUT2D eigenvalue weighted by molar-refractivity contribution is 6.50. The van der Waals surface area contributed by atoms with Crippen LogP contribution in [0.3, 0.4) is 0 Å². The van der Waals surface area contributed by atoms with E-state index in [4.69, 9.17) is 6.42 Å². The zero-order chi connectivity index (χ0) is 20.7. The maximum absolute atomic E-state index is 12.9. The predicted molar refractivity (Wildman–Crippen MR) is 118 cm³/mol. The summed E-state index contributed by atoms with van der Waals surface area (Å²) in [7, 11) is 0. The van der Waals surface area contributed by atoms with Crippen molar-refractivity contribution in [2.45, 2.75) is 19.4 Å². The summed E-state index contributed by atoms with van der Waals surface area (Å²) >= 11 is 0. The zero-order valence-electron chi connectivity index (χ0n) is 16.2. The Balaban J connectivity index is 1.75. The zero-order valence-corrected chi connectivity index (χ0v) is 16.2. The van der Waals surface area contributed by atoms with Crippen LogP contribution >= 0.6 is 0 Å². The normalized spacial score (nSPS) is 14.0. The van der Waals surface area contributed by atoms with E-state index >= 15 is 0 Å². The van der Waals surface area contributed by atoms with Gasteiger partial charge >= 0.3 is 0 Å². The highest BCUT2D eigenvalue weighted by Crippen LogP contribution is 2.38. The van der Waals surface area contributed by atoms with Crippen molar-refractivity contribution < 1.29 is 9.59 Å². The second kappa shape index (κ2) is 7.09. The van der Waals surface area contributed by atoms with E-state index in [2.05, 4.69) is 20.8 Å². The molecule has 0 fully saturated rings. The molecule has 0 bridgehead atoms. The van der Waals surface area contributed by atoms with Crippen molar-refractivity contribution in [3.8, 4) is 12.3 Å². The minimum absolute atomic E-state index is 0.369. The molecular formula is C25H19N3O2. The van der Waals surface area contributed by atoms with Crippen LogP contribution in [0.4, 0.5) is 0 Å². The Morgan fingerprint density at radius 1 is 0.900 bits per heavy atom. The summed E-state index contributed by atoms with van der Waals surface area (Å²) in [4.78, 5) is 28.9. The number of terminal acetylenes is 1. The van der Waals surface area contributed by atoms with Gasteiger partial charge in [-0.05, 0) is 18.6 Å². The van der Waals surface area contributed by atoms with Crippen molar-refractivity contribution in [2.75, 3.05) is 0 Å². The standard InChI is InChI=1S/C25H19N3O2/c1-2-3-8-13-28-15-19(17-10-5-7-12-21(17)28)23-22(24(29)27-25(23)30)18-14-26-20-11-6-4-9-16(18)20/h1,4-7,9-12,14-15,26H,3,8,13H2,(H,27,29,30). The third-order valence-corrected chi connectivity index (χ3v) is 5.57. The van der Waals surface area contributed by atoms with Gasteiger partial charge in [0.1, 0.15) is 0 Å². The molecular weight excluding hydrogens is 374 g/mol. The monoisotopic (exact) mass is 393 g/mol. The fourth-order valence-electron chi connectivity index (χ4n) is 4.23. The fourth-order valence-corrected chi connectivity index (χ4v) is 4.23. The Morgan fingerprint density at radius 2 is 1.60 bits per heavy atom. The summed E-state index contributed by atoms with van der Waals surface area (Å²) in [5, 5.41) is 4.34. The number of hydrogen-bond acceptors (Lipinski definition) is 2. The number of rotatable bonds is 5. The van der Waals surface area contributed by atoms with Crippen molar-refractivity contribution in [1.82, 2.24) is 14.9 Å². The van der Waals surface area contributed by atoms with Crippen LogP contribution in [0, 0.1) is 12.3 Å². The third kappa shape index (κ3) is 2.73. The van der Waals surface area contributed by atoms with Gasteiger partial charge in [0.15, 0.2) is 0 Å². The van der Waals surface area contributed by atoms with E-state index in [1.807, 2.05) is 54.7 Å². The van der Waals surface area contributed by atoms with Gasteiger partial charge in [0, 0.05) is 58.3 Å². The number of hydrogen-bond donors (Lipinski definition) is 2. The summed E-state index contributed by atoms with van der Waals surface area (Å²) in [5.74, 6) is 1.93. The molecule has 5 nitrogen and oxygen atoms in total. The van der Waals surface area contributed by atoms with Crippen LogP contribution in [0.15, 0.2) is 60.9 Å². The predicted octanol–water partition coefficient (Wildman–Crippen LogP) is 4.10. The number of aromatic nitrogens is 2. The third-order valence-electron chi connectivity index (χ3n) is 5.57. The highest BCUT2D eigenvalue weighted by atomic mass is 16.2. The number of carbonyl (C=O) groups is 2. The summed E-state index contributed by atoms with van der Waals surface area (Å²) < 4.78 is 2.11. The van der Waals surface area contributed by atoms with Crippen LogP contribution in [0.1, 0.15) is 24.0 Å². The smallest absolute Gasteiger partial charge is 0.259 e. The van der Waals surface area contributed by atoms with Gasteiger partial charge in [0.25, 0.3) is 11.8 Å². The van der Waals surface area contributed by atoms with Gasteiger partial charge in [-0.1, -0.05) is 36.4 Å². The number of imide groups is 1. The lowest BCUT2D eigenvalue weighted by Crippen LogP contribution is -2.22. The SMILES string of the molecule is C#CCCCn1cc(C2=C(c3c[nH]c4ccccc34)C(=O)NC2=O)c2ccccc21. The molecule has 4 aromatic rings. The van der Waals surface area contributed by atoms with Crippen molar-refractivity contribution in [1.29, 1.82) is 0 Å². The van der Waals surface area contributed by atoms with Crippen molar-refractivity contribution in [2.24, 2.45) is 0 Å². The van der Waals surface area contributed by atoms with E-state index in [0.717, 1.165) is 45.9 Å². The molecule has 146 valence electrons. The van der Waals surface area contributed by atoms with Crippen molar-refractivity contribution in [3.63, 3.8) is 0 Å². The van der Waals surface area contributed by atoms with Crippen LogP contribution < -0.4 is 5.32 Å². The number of unbranched alkanes of at least 4 members (excludes halogenated alkanes) is 1. The molecule has 0 saturated carbocycles. The lowest BCUT2D eigenvalue weighted by atomic mass is 9.95. The summed E-state index contributed by atoms with van der Waals surface area (Å²) in [5.41, 5.74) is 4.24. The Hall–Kier alpha value is -4.04. The van der Waals surface area contributed by atoms with Crippen LogP contribution in [-0.4, -0.2) is 21.4 Å².